The molecule has 8 heteroatoms. The molecular weight excluding hydrogens is 571 g/mol. The number of hydrogen-bond acceptors (Lipinski definition) is 5. The summed E-state index contributed by atoms with van der Waals surface area (Å²) in [5, 5.41) is 0. The summed E-state index contributed by atoms with van der Waals surface area (Å²) < 4.78 is 12.2. The molecule has 0 N–H and O–H groups in total. The van der Waals surface area contributed by atoms with E-state index in [1.54, 1.807) is 78.9 Å². The largest absolute Gasteiger partial charge is 0.490 e. The predicted octanol–water partition coefficient (Wildman–Crippen LogP) is 5.84. The van der Waals surface area contributed by atoms with Gasteiger partial charge in [-0.25, -0.2) is 14.6 Å². The van der Waals surface area contributed by atoms with Crippen molar-refractivity contribution in [2.75, 3.05) is 23.0 Å². The second-order valence-corrected chi connectivity index (χ2v) is 8.82. The number of para-hydroxylation sites is 2. The zero-order valence-corrected chi connectivity index (χ0v) is 21.7. The molecule has 0 saturated carbocycles. The van der Waals surface area contributed by atoms with E-state index < -0.39 is 17.8 Å². The molecule has 0 aromatic heterocycles. The zero-order chi connectivity index (χ0) is 25.7. The minimum Gasteiger partial charge on any atom is -0.490 e. The Morgan fingerprint density at radius 1 is 0.861 bits per heavy atom. The van der Waals surface area contributed by atoms with Gasteiger partial charge in [0.2, 0.25) is 0 Å². The van der Waals surface area contributed by atoms with Gasteiger partial charge in [0, 0.05) is 0 Å². The first-order valence-electron chi connectivity index (χ1n) is 11.2. The Kier molecular flexibility index (Phi) is 7.84. The number of barbiturate groups is 1. The van der Waals surface area contributed by atoms with E-state index in [-0.39, 0.29) is 5.57 Å². The summed E-state index contributed by atoms with van der Waals surface area (Å²) in [5.41, 5.74) is 1.13. The number of amides is 4. The van der Waals surface area contributed by atoms with Crippen LogP contribution in [0.25, 0.3) is 6.08 Å². The second kappa shape index (κ2) is 11.2. The van der Waals surface area contributed by atoms with Crippen molar-refractivity contribution in [2.45, 2.75) is 6.92 Å². The lowest BCUT2D eigenvalue weighted by atomic mass is 10.0. The fraction of sp³-hybridized carbons (Fsp3) is 0.107. The van der Waals surface area contributed by atoms with Crippen molar-refractivity contribution in [3.8, 4) is 11.5 Å². The number of nitrogens with zero attached hydrogens (tertiary/aromatic N) is 2. The van der Waals surface area contributed by atoms with Crippen molar-refractivity contribution < 1.29 is 23.9 Å². The lowest BCUT2D eigenvalue weighted by Gasteiger charge is -2.34. The number of urea groups is 1. The number of carbonyl (C=O) groups excluding carboxylic acids is 3. The quantitative estimate of drug-likeness (QED) is 0.142. The highest BCUT2D eigenvalue weighted by molar-refractivity contribution is 14.1. The molecule has 7 nitrogen and oxygen atoms in total. The first-order chi connectivity index (χ1) is 17.5. The number of rotatable bonds is 8. The maximum absolute atomic E-state index is 13.6. The topological polar surface area (TPSA) is 76.2 Å². The highest BCUT2D eigenvalue weighted by Crippen LogP contribution is 2.36. The van der Waals surface area contributed by atoms with Crippen molar-refractivity contribution in [3.05, 3.63) is 100 Å². The van der Waals surface area contributed by atoms with Crippen molar-refractivity contribution in [1.29, 1.82) is 0 Å². The van der Waals surface area contributed by atoms with Crippen LogP contribution in [-0.4, -0.2) is 31.1 Å². The molecule has 0 atom stereocenters. The van der Waals surface area contributed by atoms with Gasteiger partial charge in [-0.15, -0.1) is 0 Å². The molecule has 182 valence electrons. The summed E-state index contributed by atoms with van der Waals surface area (Å²) in [6, 6.07) is 19.8. The predicted molar refractivity (Wildman–Crippen MR) is 147 cm³/mol. The number of hydrogen-bond donors (Lipinski definition) is 0. The average Bonchev–Trinajstić information content (AvgIpc) is 2.88. The molecule has 0 aliphatic carbocycles. The average molecular weight is 594 g/mol. The summed E-state index contributed by atoms with van der Waals surface area (Å²) >= 11 is 2.11. The Balaban J connectivity index is 1.85. The van der Waals surface area contributed by atoms with Gasteiger partial charge in [-0.3, -0.25) is 9.59 Å². The van der Waals surface area contributed by atoms with Crippen LogP contribution in [0.5, 0.6) is 11.5 Å². The van der Waals surface area contributed by atoms with Gasteiger partial charge < -0.3 is 9.47 Å². The van der Waals surface area contributed by atoms with Gasteiger partial charge in [0.05, 0.1) is 21.6 Å². The van der Waals surface area contributed by atoms with Crippen LogP contribution in [0.1, 0.15) is 12.5 Å². The van der Waals surface area contributed by atoms with Gasteiger partial charge in [0.1, 0.15) is 12.2 Å². The maximum Gasteiger partial charge on any atom is 0.343 e. The van der Waals surface area contributed by atoms with E-state index in [0.29, 0.717) is 41.7 Å². The Morgan fingerprint density at radius 3 is 1.92 bits per heavy atom. The highest BCUT2D eigenvalue weighted by Gasteiger charge is 2.43. The van der Waals surface area contributed by atoms with Gasteiger partial charge in [-0.2, -0.15) is 0 Å². The van der Waals surface area contributed by atoms with E-state index in [1.807, 2.05) is 6.92 Å². The van der Waals surface area contributed by atoms with Crippen LogP contribution in [0.3, 0.4) is 0 Å². The molecule has 1 fully saturated rings. The molecule has 4 amide bonds. The van der Waals surface area contributed by atoms with E-state index in [1.165, 1.54) is 6.08 Å². The molecule has 36 heavy (non-hydrogen) atoms. The van der Waals surface area contributed by atoms with Crippen molar-refractivity contribution in [1.82, 2.24) is 0 Å². The van der Waals surface area contributed by atoms with E-state index in [4.69, 9.17) is 9.47 Å². The molecule has 1 heterocycles. The molecule has 1 aliphatic heterocycles. The van der Waals surface area contributed by atoms with Crippen LogP contribution in [0, 0.1) is 3.57 Å². The van der Waals surface area contributed by atoms with Crippen LogP contribution in [0.15, 0.2) is 91.0 Å². The molecule has 3 aromatic rings. The lowest BCUT2D eigenvalue weighted by molar-refractivity contribution is -0.121. The van der Waals surface area contributed by atoms with Crippen LogP contribution in [0.2, 0.25) is 0 Å². The fourth-order valence-corrected chi connectivity index (χ4v) is 4.50. The SMILES string of the molecule is C=CCOc1c(I)cc(C=C2C(=O)N(c3ccccc3)C(=O)N(c3ccccc3)C2=O)cc1OCC. The van der Waals surface area contributed by atoms with E-state index >= 15 is 0 Å². The third-order valence-corrected chi connectivity index (χ3v) is 6.07. The number of anilines is 2. The lowest BCUT2D eigenvalue weighted by Crippen LogP contribution is -2.57. The molecule has 0 spiro atoms. The van der Waals surface area contributed by atoms with Gasteiger partial charge in [0.25, 0.3) is 11.8 Å². The van der Waals surface area contributed by atoms with Crippen LogP contribution in [0.4, 0.5) is 16.2 Å². The summed E-state index contributed by atoms with van der Waals surface area (Å²) in [6.45, 7) is 6.22. The molecule has 0 radical (unpaired) electrons. The van der Waals surface area contributed by atoms with E-state index in [0.717, 1.165) is 13.4 Å². The molecular formula is C28H23IN2O5. The van der Waals surface area contributed by atoms with Crippen LogP contribution >= 0.6 is 22.6 Å². The van der Waals surface area contributed by atoms with Gasteiger partial charge in [-0.1, -0.05) is 49.1 Å². The summed E-state index contributed by atoms with van der Waals surface area (Å²) in [5.74, 6) is -0.385. The number of ether oxygens (including phenoxy) is 2. The van der Waals surface area contributed by atoms with Gasteiger partial charge in [0.15, 0.2) is 11.5 Å². The summed E-state index contributed by atoms with van der Waals surface area (Å²) in [7, 11) is 0. The number of halogens is 1. The molecule has 0 bridgehead atoms. The number of benzene rings is 3. The summed E-state index contributed by atoms with van der Waals surface area (Å²) in [6.07, 6.45) is 3.11. The maximum atomic E-state index is 13.6. The minimum atomic E-state index is -0.739. The van der Waals surface area contributed by atoms with Gasteiger partial charge >= 0.3 is 6.03 Å². The zero-order valence-electron chi connectivity index (χ0n) is 19.5. The first-order valence-corrected chi connectivity index (χ1v) is 12.3. The number of imide groups is 2. The van der Waals surface area contributed by atoms with Crippen LogP contribution < -0.4 is 19.3 Å². The molecule has 1 aliphatic rings. The standard InChI is InChI=1S/C28H23IN2O5/c1-3-15-36-25-23(29)17-19(18-24(25)35-4-2)16-22-26(32)30(20-11-7-5-8-12-20)28(34)31(27(22)33)21-13-9-6-10-14-21/h3,5-14,16-18H,1,4,15H2,2H3. The third-order valence-electron chi connectivity index (χ3n) is 5.27. The number of carbonyl (C=O) groups is 3. The fourth-order valence-electron chi connectivity index (χ4n) is 3.72. The van der Waals surface area contributed by atoms with Crippen molar-refractivity contribution >= 4 is 57.9 Å². The van der Waals surface area contributed by atoms with Gasteiger partial charge in [-0.05, 0) is 77.6 Å². The molecule has 0 unspecified atom stereocenters. The van der Waals surface area contributed by atoms with E-state index in [9.17, 15) is 14.4 Å². The van der Waals surface area contributed by atoms with Crippen molar-refractivity contribution in [2.24, 2.45) is 0 Å². The second-order valence-electron chi connectivity index (χ2n) is 7.66. The Labute approximate surface area is 222 Å². The highest BCUT2D eigenvalue weighted by atomic mass is 127. The normalized spacial score (nSPS) is 13.6. The molecule has 1 saturated heterocycles. The monoisotopic (exact) mass is 594 g/mol. The van der Waals surface area contributed by atoms with Crippen molar-refractivity contribution in [3.63, 3.8) is 0 Å². The molecule has 4 rings (SSSR count). The minimum absolute atomic E-state index is 0.152. The van der Waals surface area contributed by atoms with Crippen LogP contribution in [-0.2, 0) is 9.59 Å². The third kappa shape index (κ3) is 5.03. The Morgan fingerprint density at radius 2 is 1.42 bits per heavy atom. The molecule has 3 aromatic carbocycles. The smallest absolute Gasteiger partial charge is 0.343 e. The first kappa shape index (κ1) is 25.2. The summed E-state index contributed by atoms with van der Waals surface area (Å²) in [4.78, 5) is 42.5. The Hall–Kier alpha value is -3.92. The van der Waals surface area contributed by atoms with E-state index in [2.05, 4.69) is 29.2 Å². The Bertz CT molecular complexity index is 1280.